The Morgan fingerprint density at radius 3 is 2.21 bits per heavy atom. The first kappa shape index (κ1) is 16.1. The van der Waals surface area contributed by atoms with Crippen LogP contribution >= 0.6 is 0 Å². The molecule has 3 heteroatoms. The van der Waals surface area contributed by atoms with Crippen LogP contribution in [0.25, 0.3) is 21.5 Å². The topological polar surface area (TPSA) is 40.5 Å². The average molecular weight is 382 g/mol. The summed E-state index contributed by atoms with van der Waals surface area (Å²) in [5.74, 6) is 0. The minimum absolute atomic E-state index is 0.129. The first-order chi connectivity index (χ1) is 11.7. The van der Waals surface area contributed by atoms with Crippen molar-refractivity contribution in [1.82, 2.24) is 0 Å². The average Bonchev–Trinajstić information content (AvgIpc) is 2.61. The number of aliphatic hydroxyl groups is 2. The molecule has 1 aliphatic carbocycles. The molecule has 24 heavy (non-hydrogen) atoms. The maximum atomic E-state index is 10.3. The summed E-state index contributed by atoms with van der Waals surface area (Å²) in [6.45, 7) is 0. The third kappa shape index (κ3) is 2.99. The third-order valence-electron chi connectivity index (χ3n) is 5.21. The van der Waals surface area contributed by atoms with Crippen LogP contribution in [-0.2, 0) is 5.21 Å². The van der Waals surface area contributed by atoms with Gasteiger partial charge in [-0.3, -0.25) is 0 Å². The van der Waals surface area contributed by atoms with Gasteiger partial charge in [-0.2, -0.15) is 0 Å². The predicted molar refractivity (Wildman–Crippen MR) is 102 cm³/mol. The first-order valence-corrected chi connectivity index (χ1v) is 11.4. The van der Waals surface area contributed by atoms with Crippen molar-refractivity contribution in [2.45, 2.75) is 41.4 Å². The second-order valence-electron chi connectivity index (χ2n) is 6.77. The Morgan fingerprint density at radius 2 is 1.46 bits per heavy atom. The van der Waals surface area contributed by atoms with E-state index in [-0.39, 0.29) is 16.9 Å². The Hall–Kier alpha value is -1.34. The van der Waals surface area contributed by atoms with E-state index in [9.17, 15) is 10.2 Å². The van der Waals surface area contributed by atoms with Crippen LogP contribution in [0.15, 0.2) is 54.6 Å². The molecule has 0 bridgehead atoms. The minimum atomic E-state index is -0.440. The second-order valence-corrected chi connectivity index (χ2v) is 9.77. The summed E-state index contributed by atoms with van der Waals surface area (Å²) in [6, 6.07) is 19.5. The zero-order valence-electron chi connectivity index (χ0n) is 13.7. The SMILES string of the molecule is OC1CCCC(O)C1[AsH]Cc1cc2ccccc2c2ccccc12. The number of rotatable bonds is 3. The van der Waals surface area contributed by atoms with Gasteiger partial charge in [-0.25, -0.2) is 0 Å². The van der Waals surface area contributed by atoms with Crippen molar-refractivity contribution in [3.8, 4) is 0 Å². The number of aliphatic hydroxyl groups excluding tert-OH is 2. The molecule has 1 fully saturated rings. The standard InChI is InChI=1S/C21H23AsO2/c23-19-10-5-11-20(24)21(19)22-13-15-12-14-6-1-2-7-16(14)18-9-4-3-8-17(15)18/h1-4,6-9,12,19-24H,5,10-11,13H2. The van der Waals surface area contributed by atoms with Crippen LogP contribution in [0.3, 0.4) is 0 Å². The molecule has 3 unspecified atom stereocenters. The molecular formula is C21H23AsO2. The summed E-state index contributed by atoms with van der Waals surface area (Å²) in [4.78, 5) is 0. The van der Waals surface area contributed by atoms with Crippen LogP contribution < -0.4 is 0 Å². The van der Waals surface area contributed by atoms with Gasteiger partial charge < -0.3 is 0 Å². The molecule has 0 aliphatic heterocycles. The molecule has 124 valence electrons. The molecule has 3 aromatic rings. The molecule has 1 aliphatic rings. The molecule has 2 N–H and O–H groups in total. The summed E-state index contributed by atoms with van der Waals surface area (Å²) in [6.07, 6.45) is 2.04. The van der Waals surface area contributed by atoms with Crippen LogP contribution in [0.2, 0.25) is 4.71 Å². The van der Waals surface area contributed by atoms with E-state index in [2.05, 4.69) is 54.6 Å². The normalized spacial score (nSPS) is 25.0. The maximum absolute atomic E-state index is 10.3. The van der Waals surface area contributed by atoms with Crippen LogP contribution in [-0.4, -0.2) is 38.2 Å². The van der Waals surface area contributed by atoms with Crippen molar-refractivity contribution in [3.05, 3.63) is 60.2 Å². The van der Waals surface area contributed by atoms with E-state index >= 15 is 0 Å². The Balaban J connectivity index is 1.70. The van der Waals surface area contributed by atoms with E-state index in [1.165, 1.54) is 27.1 Å². The van der Waals surface area contributed by atoms with Crippen molar-refractivity contribution < 1.29 is 10.2 Å². The van der Waals surface area contributed by atoms with E-state index < -0.39 is 15.8 Å². The first-order valence-electron chi connectivity index (χ1n) is 8.73. The molecule has 0 aromatic heterocycles. The fourth-order valence-electron chi connectivity index (χ4n) is 3.93. The van der Waals surface area contributed by atoms with Gasteiger partial charge in [0.15, 0.2) is 0 Å². The fraction of sp³-hybridized carbons (Fsp3) is 0.333. The van der Waals surface area contributed by atoms with Crippen LogP contribution in [0.4, 0.5) is 0 Å². The summed E-state index contributed by atoms with van der Waals surface area (Å²) >= 11 is -0.440. The van der Waals surface area contributed by atoms with Crippen molar-refractivity contribution in [3.63, 3.8) is 0 Å². The molecule has 3 aromatic carbocycles. The van der Waals surface area contributed by atoms with E-state index in [1.54, 1.807) is 0 Å². The summed E-state index contributed by atoms with van der Waals surface area (Å²) in [7, 11) is 0. The zero-order chi connectivity index (χ0) is 16.5. The van der Waals surface area contributed by atoms with Crippen LogP contribution in [0.1, 0.15) is 24.8 Å². The van der Waals surface area contributed by atoms with Gasteiger partial charge in [-0.15, -0.1) is 0 Å². The van der Waals surface area contributed by atoms with E-state index in [0.29, 0.717) is 0 Å². The molecule has 0 amide bonds. The Bertz CT molecular complexity index is 851. The third-order valence-corrected chi connectivity index (χ3v) is 9.04. The van der Waals surface area contributed by atoms with Crippen LogP contribution in [0, 0.1) is 0 Å². The Labute approximate surface area is 149 Å². The Kier molecular flexibility index (Phi) is 4.63. The predicted octanol–water partition coefficient (Wildman–Crippen LogP) is 3.62. The monoisotopic (exact) mass is 382 g/mol. The van der Waals surface area contributed by atoms with Crippen molar-refractivity contribution in [2.75, 3.05) is 0 Å². The van der Waals surface area contributed by atoms with E-state index in [0.717, 1.165) is 24.5 Å². The van der Waals surface area contributed by atoms with Gasteiger partial charge in [-0.1, -0.05) is 0 Å². The summed E-state index contributed by atoms with van der Waals surface area (Å²) in [5, 5.41) is 26.8. The summed E-state index contributed by atoms with van der Waals surface area (Å²) in [5.41, 5.74) is 1.37. The van der Waals surface area contributed by atoms with Gasteiger partial charge in [0.25, 0.3) is 0 Å². The van der Waals surface area contributed by atoms with Gasteiger partial charge in [0.1, 0.15) is 0 Å². The van der Waals surface area contributed by atoms with Crippen molar-refractivity contribution in [2.24, 2.45) is 0 Å². The van der Waals surface area contributed by atoms with Gasteiger partial charge in [0.2, 0.25) is 0 Å². The summed E-state index contributed by atoms with van der Waals surface area (Å²) < 4.78 is 0.129. The van der Waals surface area contributed by atoms with Crippen LogP contribution in [0.5, 0.6) is 0 Å². The fourth-order valence-corrected chi connectivity index (χ4v) is 7.34. The molecule has 3 atom stereocenters. The molecule has 0 spiro atoms. The Morgan fingerprint density at radius 1 is 0.833 bits per heavy atom. The zero-order valence-corrected chi connectivity index (χ0v) is 15.7. The van der Waals surface area contributed by atoms with Crippen molar-refractivity contribution in [1.29, 1.82) is 0 Å². The molecule has 4 rings (SSSR count). The molecule has 0 heterocycles. The second kappa shape index (κ2) is 6.88. The molecule has 0 radical (unpaired) electrons. The van der Waals surface area contributed by atoms with E-state index in [4.69, 9.17) is 0 Å². The molecule has 1 saturated carbocycles. The van der Waals surface area contributed by atoms with E-state index in [1.807, 2.05) is 0 Å². The van der Waals surface area contributed by atoms with Crippen molar-refractivity contribution >= 4 is 37.3 Å². The number of benzene rings is 3. The van der Waals surface area contributed by atoms with Gasteiger partial charge in [-0.05, 0) is 0 Å². The number of fused-ring (bicyclic) bond motifs is 3. The van der Waals surface area contributed by atoms with Gasteiger partial charge in [0.05, 0.1) is 0 Å². The van der Waals surface area contributed by atoms with Gasteiger partial charge in [0, 0.05) is 0 Å². The molecular weight excluding hydrogens is 359 g/mol. The molecule has 0 saturated heterocycles. The van der Waals surface area contributed by atoms with Gasteiger partial charge >= 0.3 is 149 Å². The number of hydrogen-bond donors (Lipinski definition) is 2. The quantitative estimate of drug-likeness (QED) is 0.537. The number of hydrogen-bond acceptors (Lipinski definition) is 2. The molecule has 2 nitrogen and oxygen atoms in total.